The number of unbranched alkanes of at least 4 members (excludes halogenated alkanes) is 1. The molecule has 2 aromatic carbocycles. The van der Waals surface area contributed by atoms with E-state index in [0.29, 0.717) is 13.1 Å². The first-order chi connectivity index (χ1) is 26.7. The Morgan fingerprint density at radius 3 is 1.30 bits per heavy atom. The average Bonchev–Trinajstić information content (AvgIpc) is 3.93. The Kier molecular flexibility index (Phi) is 11.5. The van der Waals surface area contributed by atoms with E-state index in [-0.39, 0.29) is 21.2 Å². The van der Waals surface area contributed by atoms with Gasteiger partial charge in [0.25, 0.3) is 11.4 Å². The smallest absolute Gasteiger partial charge is 0.276 e. The number of furan rings is 2. The molecular weight excluding hydrogens is 709 g/mol. The summed E-state index contributed by atoms with van der Waals surface area (Å²) in [6.07, 6.45) is 9.62. The third-order valence-electron chi connectivity index (χ3n) is 11.4. The zero-order valence-corrected chi connectivity index (χ0v) is 33.9. The molecule has 6 rings (SSSR count). The molecule has 0 bridgehead atoms. The van der Waals surface area contributed by atoms with Crippen LogP contribution in [-0.2, 0) is 10.8 Å². The number of hydrogen-bond donors (Lipinski definition) is 0. The van der Waals surface area contributed by atoms with Crippen molar-refractivity contribution in [3.05, 3.63) is 116 Å². The third-order valence-corrected chi connectivity index (χ3v) is 11.4. The zero-order valence-electron chi connectivity index (χ0n) is 33.9. The number of benzene rings is 2. The van der Waals surface area contributed by atoms with Crippen molar-refractivity contribution in [2.24, 2.45) is 0 Å². The number of rotatable bonds is 17. The molecule has 0 radical (unpaired) electrons. The van der Waals surface area contributed by atoms with Gasteiger partial charge >= 0.3 is 0 Å². The van der Waals surface area contributed by atoms with Crippen molar-refractivity contribution < 1.29 is 27.8 Å². The number of anilines is 2. The fraction of sp³-hybridized carbons (Fsp3) is 0.409. The summed E-state index contributed by atoms with van der Waals surface area (Å²) in [6, 6.07) is 18.2. The lowest BCUT2D eigenvalue weighted by Gasteiger charge is -2.16. The van der Waals surface area contributed by atoms with E-state index >= 15 is 0 Å². The Morgan fingerprint density at radius 2 is 0.964 bits per heavy atom. The average molecular weight is 763 g/mol. The van der Waals surface area contributed by atoms with Gasteiger partial charge in [-0.15, -0.1) is 0 Å². The highest BCUT2D eigenvalue weighted by Crippen LogP contribution is 2.44. The predicted octanol–water partition coefficient (Wildman–Crippen LogP) is 10.0. The molecule has 12 heteroatoms. The lowest BCUT2D eigenvalue weighted by molar-refractivity contribution is -0.452. The van der Waals surface area contributed by atoms with Gasteiger partial charge in [-0.05, 0) is 91.8 Å². The molecule has 0 N–H and O–H groups in total. The molecule has 0 amide bonds. The maximum Gasteiger partial charge on any atom is 0.276 e. The van der Waals surface area contributed by atoms with Crippen LogP contribution >= 0.6 is 0 Å². The lowest BCUT2D eigenvalue weighted by Crippen LogP contribution is -2.28. The summed E-state index contributed by atoms with van der Waals surface area (Å²) < 4.78 is 16.8. The topological polar surface area (TPSA) is 125 Å². The van der Waals surface area contributed by atoms with Crippen LogP contribution in [0.15, 0.2) is 81.7 Å². The minimum atomic E-state index is -0.422. The van der Waals surface area contributed by atoms with Gasteiger partial charge in [-0.3, -0.25) is 20.2 Å². The number of nitro groups is 2. The molecule has 2 aliphatic heterocycles. The molecule has 0 unspecified atom stereocenters. The Balaban J connectivity index is 1.32. The quantitative estimate of drug-likeness (QED) is 0.0451. The molecule has 0 saturated carbocycles. The van der Waals surface area contributed by atoms with Crippen LogP contribution in [0.1, 0.15) is 90.9 Å². The molecule has 0 aliphatic carbocycles. The van der Waals surface area contributed by atoms with Gasteiger partial charge in [0.15, 0.2) is 23.2 Å². The largest absolute Gasteiger partial charge is 0.441 e. The predicted molar refractivity (Wildman–Crippen MR) is 224 cm³/mol. The molecule has 0 atom stereocenters. The summed E-state index contributed by atoms with van der Waals surface area (Å²) in [4.78, 5) is 27.4. The maximum atomic E-state index is 11.9. The Morgan fingerprint density at radius 1 is 0.589 bits per heavy atom. The normalized spacial score (nSPS) is 15.6. The van der Waals surface area contributed by atoms with E-state index < -0.39 is 10.8 Å². The maximum absolute atomic E-state index is 11.9. The number of allylic oxidation sites excluding steroid dienone is 2. The van der Waals surface area contributed by atoms with Crippen molar-refractivity contribution in [1.82, 2.24) is 0 Å². The second kappa shape index (κ2) is 16.1. The summed E-state index contributed by atoms with van der Waals surface area (Å²) in [7, 11) is 0. The van der Waals surface area contributed by atoms with Gasteiger partial charge in [0.05, 0.1) is 32.8 Å². The molecule has 2 aliphatic rings. The molecule has 4 heterocycles. The Labute approximate surface area is 329 Å². The lowest BCUT2D eigenvalue weighted by atomic mass is 9.81. The van der Waals surface area contributed by atoms with Gasteiger partial charge in [0.2, 0.25) is 11.4 Å². The van der Waals surface area contributed by atoms with Gasteiger partial charge in [-0.25, -0.2) is 0 Å². The molecule has 4 aromatic rings. The summed E-state index contributed by atoms with van der Waals surface area (Å²) in [5.41, 5.74) is 5.01. The van der Waals surface area contributed by atoms with Gasteiger partial charge in [-0.2, -0.15) is 9.15 Å². The first kappa shape index (κ1) is 39.9. The second-order valence-corrected chi connectivity index (χ2v) is 15.3. The van der Waals surface area contributed by atoms with E-state index in [0.717, 1.165) is 96.2 Å². The van der Waals surface area contributed by atoms with E-state index in [1.54, 1.807) is 24.3 Å². The molecular formula is C44H54N6O6+2. The summed E-state index contributed by atoms with van der Waals surface area (Å²) >= 11 is 0. The SMILES string of the molecule is CCN(CC)c1ccc(/C=C/C2=[N+](CCCC[N+]3=C(/C=C/c4ccc(N(CC)CC)o4)C(C)(C)c4ccc([N+](=O)[O-])cc43)c3cc([N+](=O)[O-])ccc3C2(C)C)o1. The Bertz CT molecular complexity index is 2090. The van der Waals surface area contributed by atoms with Gasteiger partial charge in [0, 0.05) is 86.6 Å². The number of non-ortho nitro benzene ring substituents is 2. The van der Waals surface area contributed by atoms with Crippen molar-refractivity contribution in [3.8, 4) is 0 Å². The van der Waals surface area contributed by atoms with Gasteiger partial charge < -0.3 is 18.6 Å². The van der Waals surface area contributed by atoms with Gasteiger partial charge in [-0.1, -0.05) is 0 Å². The molecule has 0 spiro atoms. The van der Waals surface area contributed by atoms with E-state index in [1.165, 1.54) is 0 Å². The highest BCUT2D eigenvalue weighted by molar-refractivity contribution is 6.06. The van der Waals surface area contributed by atoms with E-state index in [4.69, 9.17) is 8.83 Å². The van der Waals surface area contributed by atoms with Crippen LogP contribution < -0.4 is 9.80 Å². The zero-order chi connectivity index (χ0) is 40.4. The highest BCUT2D eigenvalue weighted by atomic mass is 16.6. The van der Waals surface area contributed by atoms with Crippen LogP contribution in [0.2, 0.25) is 0 Å². The fourth-order valence-corrected chi connectivity index (χ4v) is 8.20. The number of nitro benzene ring substituents is 2. The van der Waals surface area contributed by atoms with Crippen molar-refractivity contribution in [1.29, 1.82) is 0 Å². The van der Waals surface area contributed by atoms with Crippen molar-refractivity contribution in [3.63, 3.8) is 0 Å². The van der Waals surface area contributed by atoms with Crippen LogP contribution in [0.3, 0.4) is 0 Å². The van der Waals surface area contributed by atoms with E-state index in [2.05, 4.69) is 86.5 Å². The first-order valence-corrected chi connectivity index (χ1v) is 19.7. The van der Waals surface area contributed by atoms with E-state index in [9.17, 15) is 20.2 Å². The van der Waals surface area contributed by atoms with Crippen LogP contribution in [0.25, 0.3) is 12.2 Å². The number of nitrogens with zero attached hydrogens (tertiary/aromatic N) is 6. The van der Waals surface area contributed by atoms with Crippen molar-refractivity contribution in [2.45, 2.75) is 79.1 Å². The standard InChI is InChI=1S/C44H54N6O6/c1-9-45(10-2)41-25-19-33(55-41)17-23-39-43(5,6)35-21-15-31(49(51)52)29-37(35)47(39)27-13-14-28-48-38-30-32(50(53)54)16-22-36(38)44(7,8)40(48)24-18-34-20-26-42(56-34)46(11-3)12-4/h15-26,29-30H,9-14,27-28H2,1-8H3/q+2. The molecule has 0 fully saturated rings. The minimum absolute atomic E-state index is 0.0500. The number of hydrogen-bond acceptors (Lipinski definition) is 8. The third kappa shape index (κ3) is 7.56. The first-order valence-electron chi connectivity index (χ1n) is 19.7. The van der Waals surface area contributed by atoms with Crippen LogP contribution in [-0.4, -0.2) is 69.7 Å². The molecule has 12 nitrogen and oxygen atoms in total. The molecule has 56 heavy (non-hydrogen) atoms. The summed E-state index contributed by atoms with van der Waals surface area (Å²) in [5.74, 6) is 3.10. The van der Waals surface area contributed by atoms with Gasteiger partial charge in [0.1, 0.15) is 24.6 Å². The van der Waals surface area contributed by atoms with Crippen LogP contribution in [0.5, 0.6) is 0 Å². The monoisotopic (exact) mass is 762 g/mol. The molecule has 294 valence electrons. The fourth-order valence-electron chi connectivity index (χ4n) is 8.20. The Hall–Kier alpha value is -5.78. The highest BCUT2D eigenvalue weighted by Gasteiger charge is 2.47. The molecule has 2 aromatic heterocycles. The van der Waals surface area contributed by atoms with E-state index in [1.807, 2.05) is 48.6 Å². The van der Waals surface area contributed by atoms with Crippen LogP contribution in [0, 0.1) is 20.2 Å². The van der Waals surface area contributed by atoms with Crippen molar-refractivity contribution >= 4 is 58.1 Å². The number of fused-ring (bicyclic) bond motifs is 2. The summed E-state index contributed by atoms with van der Waals surface area (Å²) in [6.45, 7) is 21.6. The summed E-state index contributed by atoms with van der Waals surface area (Å²) in [5, 5.41) is 23.8. The molecule has 0 saturated heterocycles. The van der Waals surface area contributed by atoms with Crippen molar-refractivity contribution in [2.75, 3.05) is 49.1 Å². The second-order valence-electron chi connectivity index (χ2n) is 15.3. The minimum Gasteiger partial charge on any atom is -0.441 e. The van der Waals surface area contributed by atoms with Crippen LogP contribution in [0.4, 0.5) is 34.5 Å².